The van der Waals surface area contributed by atoms with Crippen LogP contribution in [0, 0.1) is 0 Å². The fourth-order valence-electron chi connectivity index (χ4n) is 0.427. The molecule has 0 aromatic heterocycles. The highest BCUT2D eigenvalue weighted by atomic mass is 35.5. The van der Waals surface area contributed by atoms with Gasteiger partial charge in [-0.05, 0) is 20.0 Å². The Morgan fingerprint density at radius 2 is 2.20 bits per heavy atom. The number of hydrogen-bond acceptors (Lipinski definition) is 2. The second-order valence-corrected chi connectivity index (χ2v) is 4.11. The van der Waals surface area contributed by atoms with E-state index in [2.05, 4.69) is 0 Å². The van der Waals surface area contributed by atoms with Crippen molar-refractivity contribution < 1.29 is 9.16 Å². The molecule has 10 heavy (non-hydrogen) atoms. The van der Waals surface area contributed by atoms with Crippen LogP contribution in [0.15, 0.2) is 11.5 Å². The van der Waals surface area contributed by atoms with Crippen LogP contribution in [0.5, 0.6) is 0 Å². The highest BCUT2D eigenvalue weighted by molar-refractivity contribution is 6.48. The molecule has 0 bridgehead atoms. The molecule has 0 aliphatic carbocycles. The average Bonchev–Trinajstić information content (AvgIpc) is 1.86. The van der Waals surface area contributed by atoms with E-state index in [1.165, 1.54) is 5.54 Å². The molecule has 0 amide bonds. The molecule has 0 saturated carbocycles. The number of halogens is 1. The van der Waals surface area contributed by atoms with Crippen LogP contribution in [-0.4, -0.2) is 15.6 Å². The van der Waals surface area contributed by atoms with Gasteiger partial charge in [0.1, 0.15) is 0 Å². The number of rotatable bonds is 4. The van der Waals surface area contributed by atoms with Crippen molar-refractivity contribution in [1.29, 1.82) is 0 Å². The SMILES string of the molecule is CCO/C(=C\Cl)O[Si](C)C. The zero-order chi connectivity index (χ0) is 7.98. The summed E-state index contributed by atoms with van der Waals surface area (Å²) in [6.45, 7) is 6.52. The Labute approximate surface area is 68.5 Å². The van der Waals surface area contributed by atoms with Crippen LogP contribution in [0.25, 0.3) is 0 Å². The van der Waals surface area contributed by atoms with Crippen molar-refractivity contribution in [2.24, 2.45) is 0 Å². The Morgan fingerprint density at radius 1 is 1.60 bits per heavy atom. The van der Waals surface area contributed by atoms with Crippen LogP contribution < -0.4 is 0 Å². The van der Waals surface area contributed by atoms with Crippen molar-refractivity contribution in [3.05, 3.63) is 11.5 Å². The lowest BCUT2D eigenvalue weighted by atomic mass is 10.8. The van der Waals surface area contributed by atoms with Gasteiger partial charge in [-0.3, -0.25) is 0 Å². The van der Waals surface area contributed by atoms with E-state index in [1.807, 2.05) is 20.0 Å². The molecule has 59 valence electrons. The summed E-state index contributed by atoms with van der Waals surface area (Å²) in [4.78, 5) is 0. The Kier molecular flexibility index (Phi) is 5.53. The van der Waals surface area contributed by atoms with E-state index >= 15 is 0 Å². The zero-order valence-corrected chi connectivity index (χ0v) is 8.23. The quantitative estimate of drug-likeness (QED) is 0.487. The molecular weight excluding hydrogens is 168 g/mol. The van der Waals surface area contributed by atoms with Crippen LogP contribution in [0.4, 0.5) is 0 Å². The predicted molar refractivity (Wildman–Crippen MR) is 44.1 cm³/mol. The fourth-order valence-corrected chi connectivity index (χ4v) is 1.13. The van der Waals surface area contributed by atoms with E-state index in [0.29, 0.717) is 12.6 Å². The molecule has 0 aliphatic rings. The minimum Gasteiger partial charge on any atom is -0.517 e. The maximum Gasteiger partial charge on any atom is 0.278 e. The highest BCUT2D eigenvalue weighted by Crippen LogP contribution is 2.03. The van der Waals surface area contributed by atoms with Gasteiger partial charge in [-0.2, -0.15) is 0 Å². The van der Waals surface area contributed by atoms with Gasteiger partial charge in [0, 0.05) is 0 Å². The van der Waals surface area contributed by atoms with Crippen LogP contribution in [-0.2, 0) is 9.16 Å². The molecule has 0 rings (SSSR count). The van der Waals surface area contributed by atoms with Crippen LogP contribution in [0.1, 0.15) is 6.92 Å². The third-order valence-corrected chi connectivity index (χ3v) is 1.47. The van der Waals surface area contributed by atoms with Crippen molar-refractivity contribution in [2.75, 3.05) is 6.61 Å². The van der Waals surface area contributed by atoms with Gasteiger partial charge in [0.2, 0.25) is 0 Å². The van der Waals surface area contributed by atoms with E-state index in [4.69, 9.17) is 20.8 Å². The van der Waals surface area contributed by atoms with Gasteiger partial charge in [-0.15, -0.1) is 0 Å². The molecule has 0 aromatic rings. The van der Waals surface area contributed by atoms with Crippen LogP contribution in [0.3, 0.4) is 0 Å². The first-order valence-electron chi connectivity index (χ1n) is 3.12. The molecule has 0 atom stereocenters. The van der Waals surface area contributed by atoms with Crippen molar-refractivity contribution in [3.63, 3.8) is 0 Å². The summed E-state index contributed by atoms with van der Waals surface area (Å²) in [6, 6.07) is 0. The summed E-state index contributed by atoms with van der Waals surface area (Å²) in [7, 11) is -0.745. The normalized spacial score (nSPS) is 11.9. The Bertz CT molecular complexity index is 114. The summed E-state index contributed by atoms with van der Waals surface area (Å²) < 4.78 is 10.3. The summed E-state index contributed by atoms with van der Waals surface area (Å²) in [5.74, 6) is 0.433. The lowest BCUT2D eigenvalue weighted by molar-refractivity contribution is 0.117. The van der Waals surface area contributed by atoms with Gasteiger partial charge >= 0.3 is 0 Å². The Morgan fingerprint density at radius 3 is 2.50 bits per heavy atom. The minimum atomic E-state index is -0.745. The molecule has 0 N–H and O–H groups in total. The zero-order valence-electron chi connectivity index (χ0n) is 6.48. The van der Waals surface area contributed by atoms with E-state index in [0.717, 1.165) is 0 Å². The third-order valence-electron chi connectivity index (χ3n) is 0.680. The van der Waals surface area contributed by atoms with Crippen molar-refractivity contribution >= 4 is 20.6 Å². The lowest BCUT2D eigenvalue weighted by Gasteiger charge is -2.10. The first kappa shape index (κ1) is 9.85. The Hall–Kier alpha value is -0.153. The summed E-state index contributed by atoms with van der Waals surface area (Å²) in [5, 5.41) is 0. The summed E-state index contributed by atoms with van der Waals surface area (Å²) >= 11 is 5.39. The average molecular weight is 180 g/mol. The molecule has 0 fully saturated rings. The molecule has 0 spiro atoms. The van der Waals surface area contributed by atoms with E-state index < -0.39 is 9.04 Å². The molecule has 0 aliphatic heterocycles. The maximum atomic E-state index is 5.39. The van der Waals surface area contributed by atoms with Gasteiger partial charge in [0.25, 0.3) is 15.0 Å². The summed E-state index contributed by atoms with van der Waals surface area (Å²) in [5.41, 5.74) is 1.32. The fraction of sp³-hybridized carbons (Fsp3) is 0.667. The van der Waals surface area contributed by atoms with Gasteiger partial charge in [-0.25, -0.2) is 0 Å². The maximum absolute atomic E-state index is 5.39. The van der Waals surface area contributed by atoms with Gasteiger partial charge in [-0.1, -0.05) is 11.6 Å². The summed E-state index contributed by atoms with van der Waals surface area (Å²) in [6.07, 6.45) is 0. The molecule has 1 radical (unpaired) electrons. The second kappa shape index (κ2) is 5.62. The van der Waals surface area contributed by atoms with E-state index in [-0.39, 0.29) is 0 Å². The van der Waals surface area contributed by atoms with Crippen molar-refractivity contribution in [2.45, 2.75) is 20.0 Å². The second-order valence-electron chi connectivity index (χ2n) is 1.87. The third kappa shape index (κ3) is 4.70. The largest absolute Gasteiger partial charge is 0.517 e. The van der Waals surface area contributed by atoms with E-state index in [1.54, 1.807) is 0 Å². The predicted octanol–water partition coefficient (Wildman–Crippen LogP) is 2.33. The lowest BCUT2D eigenvalue weighted by Crippen LogP contribution is -2.08. The van der Waals surface area contributed by atoms with Gasteiger partial charge < -0.3 is 9.16 Å². The first-order chi connectivity index (χ1) is 4.70. The highest BCUT2D eigenvalue weighted by Gasteiger charge is 2.02. The standard InChI is InChI=1S/C6H12ClO2Si/c1-4-8-6(5-7)9-10(2)3/h5H,4H2,1-3H3/b6-5+. The van der Waals surface area contributed by atoms with Crippen molar-refractivity contribution in [1.82, 2.24) is 0 Å². The van der Waals surface area contributed by atoms with Crippen molar-refractivity contribution in [3.8, 4) is 0 Å². The minimum absolute atomic E-state index is 0.433. The molecular formula is C6H12ClO2Si. The topological polar surface area (TPSA) is 18.5 Å². The van der Waals surface area contributed by atoms with E-state index in [9.17, 15) is 0 Å². The van der Waals surface area contributed by atoms with Gasteiger partial charge in [0.05, 0.1) is 12.1 Å². The smallest absolute Gasteiger partial charge is 0.278 e. The monoisotopic (exact) mass is 179 g/mol. The molecule has 4 heteroatoms. The van der Waals surface area contributed by atoms with Crippen LogP contribution in [0.2, 0.25) is 13.1 Å². The molecule has 0 saturated heterocycles. The van der Waals surface area contributed by atoms with Gasteiger partial charge in [0.15, 0.2) is 0 Å². The number of ether oxygens (including phenoxy) is 1. The molecule has 0 unspecified atom stereocenters. The molecule has 2 nitrogen and oxygen atoms in total. The molecule has 0 aromatic carbocycles. The number of hydrogen-bond donors (Lipinski definition) is 0. The van der Waals surface area contributed by atoms with Crippen LogP contribution >= 0.6 is 11.6 Å². The first-order valence-corrected chi connectivity index (χ1v) is 5.96. The Balaban J connectivity index is 3.62. The molecule has 0 heterocycles.